The van der Waals surface area contributed by atoms with E-state index in [1.54, 1.807) is 30.3 Å². The normalized spacial score (nSPS) is 35.5. The number of carbonyl (C=O) groups is 5. The Labute approximate surface area is 237 Å². The van der Waals surface area contributed by atoms with Gasteiger partial charge in [-0.3, -0.25) is 24.0 Å². The molecule has 0 radical (unpaired) electrons. The molecule has 5 saturated carbocycles. The molecule has 4 bridgehead atoms. The van der Waals surface area contributed by atoms with Crippen LogP contribution in [0.4, 0.5) is 0 Å². The van der Waals surface area contributed by atoms with E-state index in [1.807, 2.05) is 40.7 Å². The van der Waals surface area contributed by atoms with Crippen LogP contribution in [0.1, 0.15) is 97.3 Å². The van der Waals surface area contributed by atoms with E-state index in [9.17, 15) is 19.2 Å². The van der Waals surface area contributed by atoms with Crippen LogP contribution in [-0.4, -0.2) is 28.9 Å². The average molecular weight is 543 g/mol. The first-order valence-electron chi connectivity index (χ1n) is 14.7. The lowest BCUT2D eigenvalue weighted by Gasteiger charge is -2.60. The first kappa shape index (κ1) is 28.6. The van der Waals surface area contributed by atoms with E-state index in [2.05, 4.69) is 19.9 Å². The Morgan fingerprint density at radius 3 is 2.17 bits per heavy atom. The lowest BCUT2D eigenvalue weighted by atomic mass is 9.37. The van der Waals surface area contributed by atoms with Crippen molar-refractivity contribution in [3.8, 4) is 0 Å². The summed E-state index contributed by atoms with van der Waals surface area (Å²) in [6.45, 7) is 13.5. The molecular weight excluding hydrogens is 500 g/mol. The van der Waals surface area contributed by atoms with Crippen molar-refractivity contribution in [2.24, 2.45) is 38.9 Å². The Balaban J connectivity index is 1.75. The molecule has 0 aliphatic heterocycles. The molecule has 6 rings (SSSR count). The van der Waals surface area contributed by atoms with Gasteiger partial charge in [-0.05, 0) is 70.1 Å². The Hall–Kier alpha value is -2.95. The van der Waals surface area contributed by atoms with Crippen molar-refractivity contribution in [1.29, 1.82) is 0 Å². The number of ketones is 5. The van der Waals surface area contributed by atoms with E-state index < -0.39 is 56.1 Å². The molecule has 5 nitrogen and oxygen atoms in total. The van der Waals surface area contributed by atoms with Gasteiger partial charge in [0.2, 0.25) is 0 Å². The standard InChI is InChI=1S/C35H42O5/c1-21(2)12-11-13-22(3)16-17-33-19-24-18-25-31(4,5)26(36)20-34(25,28(33)38)30(40)35(29(33)39,32(24,6)7)27(37)23-14-9-8-10-15-23/h8-10,12,14-16,24-25H,11,13,17-20H2,1-7H3/b22-16-/t24-,25+,33-,34+,35-/m1/s1. The summed E-state index contributed by atoms with van der Waals surface area (Å²) in [5.41, 5.74) is -4.45. The van der Waals surface area contributed by atoms with Crippen molar-refractivity contribution < 1.29 is 24.0 Å². The third-order valence-corrected chi connectivity index (χ3v) is 11.4. The zero-order valence-corrected chi connectivity index (χ0v) is 25.0. The Morgan fingerprint density at radius 1 is 0.900 bits per heavy atom. The first-order chi connectivity index (χ1) is 18.6. The van der Waals surface area contributed by atoms with Crippen molar-refractivity contribution in [3.05, 3.63) is 59.2 Å². The second-order valence-electron chi connectivity index (χ2n) is 14.3. The predicted octanol–water partition coefficient (Wildman–Crippen LogP) is 6.70. The van der Waals surface area contributed by atoms with Gasteiger partial charge in [0.25, 0.3) is 0 Å². The van der Waals surface area contributed by atoms with Crippen LogP contribution in [0.3, 0.4) is 0 Å². The van der Waals surface area contributed by atoms with Gasteiger partial charge in [0.15, 0.2) is 28.5 Å². The van der Waals surface area contributed by atoms with Gasteiger partial charge in [-0.15, -0.1) is 0 Å². The molecular formula is C35H42O5. The maximum absolute atomic E-state index is 15.1. The van der Waals surface area contributed by atoms with Gasteiger partial charge in [-0.25, -0.2) is 0 Å². The molecule has 5 atom stereocenters. The molecule has 1 aromatic rings. The first-order valence-corrected chi connectivity index (χ1v) is 14.7. The molecule has 5 aliphatic rings. The third-order valence-electron chi connectivity index (χ3n) is 11.4. The average Bonchev–Trinajstić information content (AvgIpc) is 3.00. The van der Waals surface area contributed by atoms with E-state index in [1.165, 1.54) is 5.57 Å². The summed E-state index contributed by atoms with van der Waals surface area (Å²) in [4.78, 5) is 73.1. The highest BCUT2D eigenvalue weighted by Crippen LogP contribution is 2.75. The van der Waals surface area contributed by atoms with E-state index in [0.717, 1.165) is 18.4 Å². The van der Waals surface area contributed by atoms with Crippen molar-refractivity contribution in [3.63, 3.8) is 0 Å². The lowest BCUT2D eigenvalue weighted by molar-refractivity contribution is -0.181. The molecule has 40 heavy (non-hydrogen) atoms. The summed E-state index contributed by atoms with van der Waals surface area (Å²) in [5, 5.41) is 0. The van der Waals surface area contributed by atoms with E-state index in [0.29, 0.717) is 18.4 Å². The molecule has 0 aromatic heterocycles. The van der Waals surface area contributed by atoms with Crippen LogP contribution in [0.25, 0.3) is 0 Å². The molecule has 0 heterocycles. The summed E-state index contributed by atoms with van der Waals surface area (Å²) < 4.78 is 0. The fraction of sp³-hybridized carbons (Fsp3) is 0.571. The third kappa shape index (κ3) is 3.36. The van der Waals surface area contributed by atoms with Crippen LogP contribution in [0.2, 0.25) is 0 Å². The van der Waals surface area contributed by atoms with Crippen LogP contribution in [0, 0.1) is 38.9 Å². The van der Waals surface area contributed by atoms with Gasteiger partial charge in [0.1, 0.15) is 11.2 Å². The molecule has 5 aliphatic carbocycles. The quantitative estimate of drug-likeness (QED) is 0.217. The largest absolute Gasteiger partial charge is 0.299 e. The maximum atomic E-state index is 15.1. The van der Waals surface area contributed by atoms with Gasteiger partial charge in [0, 0.05) is 17.4 Å². The SMILES string of the molecule is CC(C)=CCC/C(C)=C\C[C@@]12C[C@H]3C[C@H]4C(C)(C)C(=O)C[C@]4(C1=O)C(=O)[C@@](C(=O)c1ccccc1)(C2=O)C3(C)C. The van der Waals surface area contributed by atoms with Gasteiger partial charge in [-0.1, -0.05) is 81.3 Å². The number of benzene rings is 1. The molecule has 0 saturated heterocycles. The molecule has 5 fully saturated rings. The van der Waals surface area contributed by atoms with Crippen LogP contribution in [0.5, 0.6) is 0 Å². The molecule has 5 heteroatoms. The Morgan fingerprint density at radius 2 is 1.55 bits per heavy atom. The zero-order valence-electron chi connectivity index (χ0n) is 25.0. The number of rotatable bonds is 7. The lowest BCUT2D eigenvalue weighted by Crippen LogP contribution is -2.75. The summed E-state index contributed by atoms with van der Waals surface area (Å²) >= 11 is 0. The summed E-state index contributed by atoms with van der Waals surface area (Å²) in [6, 6.07) is 8.54. The highest BCUT2D eigenvalue weighted by molar-refractivity contribution is 6.43. The molecule has 1 aromatic carbocycles. The van der Waals surface area contributed by atoms with Crippen LogP contribution < -0.4 is 0 Å². The van der Waals surface area contributed by atoms with Crippen molar-refractivity contribution in [2.45, 2.75) is 87.0 Å². The van der Waals surface area contributed by atoms with Gasteiger partial charge in [0.05, 0.1) is 5.41 Å². The van der Waals surface area contributed by atoms with E-state index >= 15 is 4.79 Å². The highest BCUT2D eigenvalue weighted by Gasteiger charge is 2.86. The predicted molar refractivity (Wildman–Crippen MR) is 154 cm³/mol. The molecule has 0 amide bonds. The number of hydrogen-bond donors (Lipinski definition) is 0. The second-order valence-corrected chi connectivity index (χ2v) is 14.3. The molecule has 0 N–H and O–H groups in total. The highest BCUT2D eigenvalue weighted by atomic mass is 16.2. The van der Waals surface area contributed by atoms with Crippen molar-refractivity contribution in [1.82, 2.24) is 0 Å². The fourth-order valence-electron chi connectivity index (χ4n) is 8.84. The van der Waals surface area contributed by atoms with Crippen LogP contribution >= 0.6 is 0 Å². The second kappa shape index (κ2) is 9.03. The number of Topliss-reactive ketones (excluding diaryl/α,β-unsaturated/α-hetero) is 5. The van der Waals surface area contributed by atoms with Crippen LogP contribution in [0.15, 0.2) is 53.6 Å². The van der Waals surface area contributed by atoms with Gasteiger partial charge >= 0.3 is 0 Å². The van der Waals surface area contributed by atoms with Gasteiger partial charge in [-0.2, -0.15) is 0 Å². The molecule has 1 spiro atoms. The number of allylic oxidation sites excluding steroid dienone is 4. The minimum atomic E-state index is -2.01. The molecule has 212 valence electrons. The maximum Gasteiger partial charge on any atom is 0.184 e. The fourth-order valence-corrected chi connectivity index (χ4v) is 8.84. The van der Waals surface area contributed by atoms with E-state index in [4.69, 9.17) is 0 Å². The number of carbonyl (C=O) groups excluding carboxylic acids is 5. The van der Waals surface area contributed by atoms with Crippen molar-refractivity contribution in [2.75, 3.05) is 0 Å². The van der Waals surface area contributed by atoms with E-state index in [-0.39, 0.29) is 24.5 Å². The summed E-state index contributed by atoms with van der Waals surface area (Å²) in [6.07, 6.45) is 6.54. The minimum Gasteiger partial charge on any atom is -0.299 e. The topological polar surface area (TPSA) is 85.3 Å². The van der Waals surface area contributed by atoms with Crippen LogP contribution in [-0.2, 0) is 19.2 Å². The smallest absolute Gasteiger partial charge is 0.184 e. The monoisotopic (exact) mass is 542 g/mol. The van der Waals surface area contributed by atoms with Gasteiger partial charge < -0.3 is 0 Å². The summed E-state index contributed by atoms with van der Waals surface area (Å²) in [7, 11) is 0. The van der Waals surface area contributed by atoms with Crippen molar-refractivity contribution >= 4 is 28.9 Å². The molecule has 0 unspecified atom stereocenters. The Bertz CT molecular complexity index is 1390. The summed E-state index contributed by atoms with van der Waals surface area (Å²) in [5.74, 6) is -2.97. The zero-order chi connectivity index (χ0) is 29.5. The minimum absolute atomic E-state index is 0.127. The Kier molecular flexibility index (Phi) is 6.45. The number of hydrogen-bond acceptors (Lipinski definition) is 5.